The van der Waals surface area contributed by atoms with Gasteiger partial charge in [0.15, 0.2) is 0 Å². The number of aryl methyl sites for hydroxylation is 1. The maximum atomic E-state index is 5.94. The van der Waals surface area contributed by atoms with Gasteiger partial charge in [-0.25, -0.2) is 4.98 Å². The fourth-order valence-corrected chi connectivity index (χ4v) is 4.23. The molecule has 23 heavy (non-hydrogen) atoms. The van der Waals surface area contributed by atoms with E-state index in [0.717, 1.165) is 42.8 Å². The Bertz CT molecular complexity index is 648. The van der Waals surface area contributed by atoms with Crippen molar-refractivity contribution in [3.63, 3.8) is 0 Å². The van der Waals surface area contributed by atoms with Crippen LogP contribution in [-0.2, 0) is 11.3 Å². The molecule has 124 valence electrons. The van der Waals surface area contributed by atoms with E-state index in [2.05, 4.69) is 27.5 Å². The lowest BCUT2D eigenvalue weighted by Crippen LogP contribution is -2.38. The summed E-state index contributed by atoms with van der Waals surface area (Å²) in [5.41, 5.74) is 1.15. The quantitative estimate of drug-likeness (QED) is 0.861. The van der Waals surface area contributed by atoms with E-state index < -0.39 is 0 Å². The van der Waals surface area contributed by atoms with E-state index in [-0.39, 0.29) is 6.10 Å². The minimum Gasteiger partial charge on any atom is -0.370 e. The smallest absolute Gasteiger partial charge is 0.205 e. The van der Waals surface area contributed by atoms with Gasteiger partial charge in [-0.3, -0.25) is 4.68 Å². The number of aromatic nitrogens is 4. The van der Waals surface area contributed by atoms with E-state index in [1.807, 2.05) is 10.9 Å². The molecule has 0 bridgehead atoms. The van der Waals surface area contributed by atoms with Gasteiger partial charge < -0.3 is 9.64 Å². The molecule has 1 aliphatic heterocycles. The minimum atomic E-state index is 0.0721. The van der Waals surface area contributed by atoms with Crippen LogP contribution in [0.4, 0.5) is 5.13 Å². The van der Waals surface area contributed by atoms with Crippen molar-refractivity contribution in [2.45, 2.75) is 51.2 Å². The van der Waals surface area contributed by atoms with Crippen molar-refractivity contribution in [1.29, 1.82) is 0 Å². The normalized spacial score (nSPS) is 22.8. The van der Waals surface area contributed by atoms with E-state index in [4.69, 9.17) is 9.72 Å². The molecule has 4 rings (SSSR count). The van der Waals surface area contributed by atoms with Gasteiger partial charge in [-0.2, -0.15) is 9.47 Å². The second kappa shape index (κ2) is 6.57. The first-order chi connectivity index (χ1) is 11.3. The first kappa shape index (κ1) is 15.1. The second-order valence-corrected chi connectivity index (χ2v) is 7.08. The molecule has 1 atom stereocenters. The van der Waals surface area contributed by atoms with Gasteiger partial charge in [-0.15, -0.1) is 0 Å². The summed E-state index contributed by atoms with van der Waals surface area (Å²) in [5, 5.41) is 5.40. The van der Waals surface area contributed by atoms with Crippen molar-refractivity contribution >= 4 is 16.7 Å². The number of ether oxygens (including phenoxy) is 1. The fourth-order valence-electron chi connectivity index (χ4n) is 3.45. The van der Waals surface area contributed by atoms with E-state index in [1.54, 1.807) is 0 Å². The summed E-state index contributed by atoms with van der Waals surface area (Å²) in [6.07, 6.45) is 9.21. The summed E-state index contributed by atoms with van der Waals surface area (Å²) in [7, 11) is 0. The van der Waals surface area contributed by atoms with Crippen LogP contribution in [0.5, 0.6) is 0 Å². The molecule has 1 saturated carbocycles. The number of anilines is 1. The molecule has 1 saturated heterocycles. The van der Waals surface area contributed by atoms with Gasteiger partial charge in [0.2, 0.25) is 5.13 Å². The number of nitrogens with zero attached hydrogens (tertiary/aromatic N) is 5. The van der Waals surface area contributed by atoms with Crippen LogP contribution in [0.3, 0.4) is 0 Å². The molecule has 1 aliphatic carbocycles. The van der Waals surface area contributed by atoms with E-state index in [0.29, 0.717) is 5.92 Å². The highest BCUT2D eigenvalue weighted by molar-refractivity contribution is 7.09. The molecule has 6 nitrogen and oxygen atoms in total. The maximum Gasteiger partial charge on any atom is 0.205 e. The highest BCUT2D eigenvalue weighted by atomic mass is 32.1. The van der Waals surface area contributed by atoms with Crippen molar-refractivity contribution in [2.24, 2.45) is 0 Å². The summed E-state index contributed by atoms with van der Waals surface area (Å²) >= 11 is 1.54. The third-order valence-electron chi connectivity index (χ3n) is 4.84. The first-order valence-electron chi connectivity index (χ1n) is 8.56. The zero-order valence-corrected chi connectivity index (χ0v) is 14.3. The van der Waals surface area contributed by atoms with Gasteiger partial charge in [0.25, 0.3) is 0 Å². The highest BCUT2D eigenvalue weighted by Gasteiger charge is 2.27. The Morgan fingerprint density at radius 3 is 3.00 bits per heavy atom. The van der Waals surface area contributed by atoms with E-state index in [1.165, 1.54) is 37.2 Å². The Kier molecular flexibility index (Phi) is 4.31. The molecule has 0 aromatic carbocycles. The lowest BCUT2D eigenvalue weighted by molar-refractivity contribution is 0.0397. The predicted octanol–water partition coefficient (Wildman–Crippen LogP) is 2.99. The number of hydrogen-bond acceptors (Lipinski definition) is 6. The Morgan fingerprint density at radius 1 is 1.35 bits per heavy atom. The summed E-state index contributed by atoms with van der Waals surface area (Å²) in [5.74, 6) is 1.64. The average molecular weight is 333 g/mol. The molecule has 0 amide bonds. The number of hydrogen-bond donors (Lipinski definition) is 0. The zero-order chi connectivity index (χ0) is 15.6. The van der Waals surface area contributed by atoms with Crippen molar-refractivity contribution in [3.8, 4) is 0 Å². The molecular weight excluding hydrogens is 310 g/mol. The van der Waals surface area contributed by atoms with Gasteiger partial charge in [0, 0.05) is 42.3 Å². The maximum absolute atomic E-state index is 5.94. The Morgan fingerprint density at radius 2 is 2.22 bits per heavy atom. The molecular formula is C16H23N5OS. The van der Waals surface area contributed by atoms with Crippen LogP contribution in [0.15, 0.2) is 12.4 Å². The molecule has 0 radical (unpaired) electrons. The van der Waals surface area contributed by atoms with Crippen LogP contribution in [0, 0.1) is 0 Å². The zero-order valence-electron chi connectivity index (χ0n) is 13.5. The van der Waals surface area contributed by atoms with Crippen molar-refractivity contribution in [3.05, 3.63) is 23.8 Å². The van der Waals surface area contributed by atoms with E-state index in [9.17, 15) is 0 Å². The largest absolute Gasteiger partial charge is 0.370 e. The summed E-state index contributed by atoms with van der Waals surface area (Å²) in [6, 6.07) is 0. The molecule has 0 spiro atoms. The van der Waals surface area contributed by atoms with Gasteiger partial charge in [-0.1, -0.05) is 12.8 Å². The Labute approximate surface area is 140 Å². The minimum absolute atomic E-state index is 0.0721. The van der Waals surface area contributed by atoms with Crippen LogP contribution < -0.4 is 4.90 Å². The third kappa shape index (κ3) is 3.12. The summed E-state index contributed by atoms with van der Waals surface area (Å²) in [6.45, 7) is 5.42. The molecule has 0 unspecified atom stereocenters. The molecule has 2 aromatic rings. The van der Waals surface area contributed by atoms with Gasteiger partial charge in [-0.05, 0) is 19.8 Å². The lowest BCUT2D eigenvalue weighted by atomic mass is 10.1. The molecule has 2 aliphatic rings. The van der Waals surface area contributed by atoms with Crippen LogP contribution in [-0.4, -0.2) is 38.8 Å². The molecule has 2 aromatic heterocycles. The standard InChI is InChI=1S/C16H23N5OS/c1-2-21-10-13(9-17-21)14-11-20(7-8-22-14)16-18-15(19-23-16)12-5-3-4-6-12/h9-10,12,14H,2-8,11H2,1H3/t14-/m1/s1. The summed E-state index contributed by atoms with van der Waals surface area (Å²) in [4.78, 5) is 7.14. The van der Waals surface area contributed by atoms with Crippen molar-refractivity contribution in [1.82, 2.24) is 19.1 Å². The topological polar surface area (TPSA) is 56.1 Å². The SMILES string of the molecule is CCn1cc([C@H]2CN(c3nc(C4CCCC4)ns3)CCO2)cn1. The average Bonchev–Trinajstić information content (AvgIpc) is 3.35. The molecule has 2 fully saturated rings. The van der Waals surface area contributed by atoms with E-state index >= 15 is 0 Å². The van der Waals surface area contributed by atoms with Gasteiger partial charge in [0.1, 0.15) is 11.9 Å². The molecule has 0 N–H and O–H groups in total. The highest BCUT2D eigenvalue weighted by Crippen LogP contribution is 2.35. The van der Waals surface area contributed by atoms with Crippen LogP contribution in [0.25, 0.3) is 0 Å². The Hall–Kier alpha value is -1.47. The summed E-state index contributed by atoms with van der Waals surface area (Å²) < 4.78 is 12.5. The Balaban J connectivity index is 1.46. The monoisotopic (exact) mass is 333 g/mol. The lowest BCUT2D eigenvalue weighted by Gasteiger charge is -2.32. The van der Waals surface area contributed by atoms with Crippen LogP contribution >= 0.6 is 11.5 Å². The van der Waals surface area contributed by atoms with Crippen molar-refractivity contribution < 1.29 is 4.74 Å². The predicted molar refractivity (Wildman–Crippen MR) is 89.9 cm³/mol. The van der Waals surface area contributed by atoms with Gasteiger partial charge >= 0.3 is 0 Å². The second-order valence-electron chi connectivity index (χ2n) is 6.35. The van der Waals surface area contributed by atoms with Crippen molar-refractivity contribution in [2.75, 3.05) is 24.6 Å². The molecule has 7 heteroatoms. The number of morpholine rings is 1. The third-order valence-corrected chi connectivity index (χ3v) is 5.63. The first-order valence-corrected chi connectivity index (χ1v) is 9.33. The van der Waals surface area contributed by atoms with Crippen LogP contribution in [0.2, 0.25) is 0 Å². The van der Waals surface area contributed by atoms with Gasteiger partial charge in [0.05, 0.1) is 19.3 Å². The van der Waals surface area contributed by atoms with Crippen LogP contribution in [0.1, 0.15) is 56.0 Å². The molecule has 3 heterocycles. The number of rotatable bonds is 4. The fraction of sp³-hybridized carbons (Fsp3) is 0.688.